The van der Waals surface area contributed by atoms with Gasteiger partial charge in [-0.15, -0.1) is 0 Å². The number of aromatic nitrogens is 3. The molecule has 1 saturated heterocycles. The fourth-order valence-electron chi connectivity index (χ4n) is 11.4. The van der Waals surface area contributed by atoms with Crippen molar-refractivity contribution in [1.29, 1.82) is 0 Å². The van der Waals surface area contributed by atoms with Crippen LogP contribution in [-0.2, 0) is 70.8 Å². The molecule has 0 spiro atoms. The molecule has 1 fully saturated rings. The van der Waals surface area contributed by atoms with E-state index in [-0.39, 0.29) is 99.8 Å². The Bertz CT molecular complexity index is 2670. The van der Waals surface area contributed by atoms with Gasteiger partial charge in [0, 0.05) is 69.3 Å². The first-order chi connectivity index (χ1) is 43.1. The molecule has 1 aromatic carbocycles. The average molecular weight is 1350 g/mol. The third-order valence-electron chi connectivity index (χ3n) is 16.6. The summed E-state index contributed by atoms with van der Waals surface area (Å²) in [5.41, 5.74) is 17.4. The number of likely N-dealkylation sites (N-methyl/N-ethyl adjacent to an activating group) is 2. The first-order valence-corrected chi connectivity index (χ1v) is 32.8. The number of aryl methyl sites for hydroxylation is 1. The van der Waals surface area contributed by atoms with Gasteiger partial charge < -0.3 is 66.4 Å². The predicted octanol–water partition coefficient (Wildman–Crippen LogP) is 4.60. The maximum atomic E-state index is 14.5. The predicted molar refractivity (Wildman–Crippen MR) is 349 cm³/mol. The summed E-state index contributed by atoms with van der Waals surface area (Å²) in [4.78, 5) is 119. The second-order valence-electron chi connectivity index (χ2n) is 24.7. The Morgan fingerprint density at radius 1 is 0.824 bits per heavy atom. The number of primary amides is 1. The Balaban J connectivity index is 1.68. The van der Waals surface area contributed by atoms with Gasteiger partial charge >= 0.3 is 6.03 Å². The van der Waals surface area contributed by atoms with E-state index in [0.717, 1.165) is 17.0 Å². The number of urea groups is 1. The highest BCUT2D eigenvalue weighted by Crippen LogP contribution is 2.30. The van der Waals surface area contributed by atoms with Gasteiger partial charge in [0.1, 0.15) is 18.1 Å². The van der Waals surface area contributed by atoms with Crippen molar-refractivity contribution in [2.75, 3.05) is 86.7 Å². The molecule has 91 heavy (non-hydrogen) atoms. The van der Waals surface area contributed by atoms with Gasteiger partial charge in [-0.05, 0) is 100 Å². The maximum Gasteiger partial charge on any atom is 0.312 e. The lowest BCUT2D eigenvalue weighted by Gasteiger charge is -2.41. The van der Waals surface area contributed by atoms with Gasteiger partial charge in [0.2, 0.25) is 41.4 Å². The summed E-state index contributed by atoms with van der Waals surface area (Å²) in [5, 5.41) is 30.1. The molecule has 0 aliphatic carbocycles. The Hall–Kier alpha value is -6.49. The number of carbonyl (C=O) groups excluding carboxylic acids is 8. The number of ether oxygens (including phenoxy) is 4. The fourth-order valence-corrected chi connectivity index (χ4v) is 11.9. The Morgan fingerprint density at radius 3 is 2.04 bits per heavy atom. The second kappa shape index (κ2) is 40.5. The monoisotopic (exact) mass is 1340 g/mol. The number of nitrogens with two attached hydrogens (primary N) is 1. The summed E-state index contributed by atoms with van der Waals surface area (Å²) in [6.45, 7) is 20.8. The molecular formula is C62H105BrN16O12. The van der Waals surface area contributed by atoms with Gasteiger partial charge in [-0.3, -0.25) is 38.5 Å². The molecule has 0 radical (unpaired) electrons. The van der Waals surface area contributed by atoms with Crippen molar-refractivity contribution in [3.05, 3.63) is 51.7 Å². The van der Waals surface area contributed by atoms with E-state index in [9.17, 15) is 43.9 Å². The highest BCUT2D eigenvalue weighted by atomic mass is 79.9. The minimum absolute atomic E-state index is 0.00223. The summed E-state index contributed by atoms with van der Waals surface area (Å²) >= 11 is 3.39. The third-order valence-corrected chi connectivity index (χ3v) is 17.1. The largest absolute Gasteiger partial charge is 0.379 e. The molecule has 2 heterocycles. The molecule has 11 atom stereocenters. The SMILES string of the molecule is CC[C@H](C)[C@@H]([C@@H](CC(=O)N1CCC[C@H]1[C@H](OC)[C@@H](C)C(=O)N[C@H](CN=[N+]=[N-])Cc1ccc(NC(=O)[C@H](CCCNC(N)=O)NC(=O)[C@@H](NC(=O)CCOCCOCCn2nc(C)c(CBr)n2)C(C)C)cc1)OC)N(C)C(=O)[C@@H](NC(=O)[C@H](C(C)C)N(C)C)C(C)C. The number of hydrogen-bond acceptors (Lipinski definition) is 16. The van der Waals surface area contributed by atoms with E-state index in [4.69, 9.17) is 24.7 Å². The number of benzene rings is 1. The number of azide groups is 1. The van der Waals surface area contributed by atoms with Crippen molar-refractivity contribution in [3.63, 3.8) is 0 Å². The minimum atomic E-state index is -1.09. The van der Waals surface area contributed by atoms with Crippen LogP contribution in [0.3, 0.4) is 0 Å². The summed E-state index contributed by atoms with van der Waals surface area (Å²) in [5.74, 6) is -4.18. The quantitative estimate of drug-likeness (QED) is 0.0157. The number of nitrogens with zero attached hydrogens (tertiary/aromatic N) is 9. The van der Waals surface area contributed by atoms with Crippen LogP contribution in [0.25, 0.3) is 10.4 Å². The molecule has 0 unspecified atom stereocenters. The van der Waals surface area contributed by atoms with E-state index < -0.39 is 90.1 Å². The van der Waals surface area contributed by atoms with E-state index in [0.29, 0.717) is 56.6 Å². The number of methoxy groups -OCH3 is 2. The highest BCUT2D eigenvalue weighted by Gasteiger charge is 2.43. The smallest absolute Gasteiger partial charge is 0.312 e. The van der Waals surface area contributed by atoms with Crippen LogP contribution < -0.4 is 37.6 Å². The molecular weight excluding hydrogens is 1240 g/mol. The summed E-state index contributed by atoms with van der Waals surface area (Å²) < 4.78 is 23.3. The Kier molecular flexibility index (Phi) is 35.0. The molecule has 0 bridgehead atoms. The first kappa shape index (κ1) is 78.8. The molecule has 0 saturated carbocycles. The number of halogens is 1. The molecule has 8 N–H and O–H groups in total. The molecule has 512 valence electrons. The molecule has 2 aromatic rings. The van der Waals surface area contributed by atoms with Crippen molar-refractivity contribution in [2.24, 2.45) is 40.4 Å². The summed E-state index contributed by atoms with van der Waals surface area (Å²) in [7, 11) is 8.40. The van der Waals surface area contributed by atoms with E-state index in [1.807, 2.05) is 67.5 Å². The van der Waals surface area contributed by atoms with Crippen LogP contribution in [0.5, 0.6) is 0 Å². The topological polar surface area (TPSA) is 361 Å². The van der Waals surface area contributed by atoms with Crippen LogP contribution >= 0.6 is 15.9 Å². The number of nitrogens with one attached hydrogen (secondary N) is 6. The lowest BCUT2D eigenvalue weighted by molar-refractivity contribution is -0.148. The van der Waals surface area contributed by atoms with Crippen molar-refractivity contribution in [3.8, 4) is 0 Å². The average Bonchev–Trinajstić information content (AvgIpc) is 2.00. The fraction of sp³-hybridized carbons (Fsp3) is 0.742. The number of anilines is 1. The van der Waals surface area contributed by atoms with Gasteiger partial charge in [0.15, 0.2) is 0 Å². The molecule has 1 aliphatic heterocycles. The molecule has 29 heteroatoms. The van der Waals surface area contributed by atoms with Crippen LogP contribution in [0.4, 0.5) is 10.5 Å². The van der Waals surface area contributed by atoms with E-state index in [1.165, 1.54) is 14.2 Å². The lowest BCUT2D eigenvalue weighted by atomic mass is 9.89. The maximum absolute atomic E-state index is 14.5. The number of likely N-dealkylation sites (tertiary alicyclic amines) is 1. The van der Waals surface area contributed by atoms with Crippen molar-refractivity contribution in [1.82, 2.24) is 56.3 Å². The standard InChI is InChI=1S/C62H105BrN16O12/c1-16-40(8)55(77(13)61(86)53(38(4)5)72-60(85)54(39(6)7)76(11)12)49(88-14)34-51(81)78-27-18-20-48(78)56(89-15)41(9)57(82)69-45(36-67-75-65)33-43-21-23-44(24-22-43)68-58(83)46(19-17-26-66-62(64)87)70-59(84)52(37(2)3)71-50(80)25-29-90-31-32-91-30-28-79-73-42(10)47(35-63)74-79/h21-24,37-41,45-46,48-49,52-56H,16-20,25-36H2,1-15H3,(H,68,83)(H,69,82)(H,70,84)(H,71,80)(H,72,85)(H3,64,66,87)/t40-,41+,45-,46-,48-,49+,52-,53-,54-,55-,56+/m0/s1. The first-order valence-electron chi connectivity index (χ1n) is 31.7. The van der Waals surface area contributed by atoms with E-state index >= 15 is 0 Å². The van der Waals surface area contributed by atoms with Crippen LogP contribution in [0.15, 0.2) is 29.4 Å². The number of amides is 9. The molecule has 1 aromatic heterocycles. The molecule has 3 rings (SSSR count). The Labute approximate surface area is 546 Å². The van der Waals surface area contributed by atoms with Crippen molar-refractivity contribution in [2.45, 2.75) is 187 Å². The highest BCUT2D eigenvalue weighted by molar-refractivity contribution is 9.08. The van der Waals surface area contributed by atoms with Crippen molar-refractivity contribution >= 4 is 69.0 Å². The van der Waals surface area contributed by atoms with Crippen molar-refractivity contribution < 1.29 is 57.3 Å². The zero-order valence-electron chi connectivity index (χ0n) is 56.3. The van der Waals surface area contributed by atoms with E-state index in [1.54, 1.807) is 66.7 Å². The van der Waals surface area contributed by atoms with Gasteiger partial charge in [0.05, 0.1) is 87.0 Å². The number of alkyl halides is 1. The molecule has 1 aliphatic rings. The van der Waals surface area contributed by atoms with Crippen LogP contribution in [-0.4, -0.2) is 213 Å². The van der Waals surface area contributed by atoms with Gasteiger partial charge in [0.25, 0.3) is 0 Å². The second-order valence-corrected chi connectivity index (χ2v) is 25.3. The van der Waals surface area contributed by atoms with Gasteiger partial charge in [-0.25, -0.2) is 4.79 Å². The molecule has 28 nitrogen and oxygen atoms in total. The van der Waals surface area contributed by atoms with Gasteiger partial charge in [-0.1, -0.05) is 102 Å². The zero-order valence-corrected chi connectivity index (χ0v) is 57.9. The Morgan fingerprint density at radius 2 is 1.48 bits per heavy atom. The number of hydrogen-bond donors (Lipinski definition) is 7. The summed E-state index contributed by atoms with van der Waals surface area (Å²) in [6.07, 6.45) is 0.974. The molecule has 9 amide bonds. The number of rotatable bonds is 42. The van der Waals surface area contributed by atoms with E-state index in [2.05, 4.69) is 68.1 Å². The normalized spacial score (nSPS) is 16.6. The zero-order chi connectivity index (χ0) is 68.1. The van der Waals surface area contributed by atoms with Gasteiger partial charge in [-0.2, -0.15) is 15.0 Å². The lowest BCUT2D eigenvalue weighted by Crippen LogP contribution is -2.59. The minimum Gasteiger partial charge on any atom is -0.379 e. The van der Waals surface area contributed by atoms with Crippen LogP contribution in [0.1, 0.15) is 124 Å². The van der Waals surface area contributed by atoms with Crippen LogP contribution in [0, 0.1) is 36.5 Å². The van der Waals surface area contributed by atoms with Crippen LogP contribution in [0.2, 0.25) is 0 Å². The third kappa shape index (κ3) is 25.5. The number of carbonyl (C=O) groups is 8. The summed E-state index contributed by atoms with van der Waals surface area (Å²) in [6, 6.07) is 0.993.